The first-order chi connectivity index (χ1) is 18.8. The van der Waals surface area contributed by atoms with Crippen molar-refractivity contribution in [2.24, 2.45) is 5.10 Å². The lowest BCUT2D eigenvalue weighted by molar-refractivity contribution is 0.0734. The molecule has 0 bridgehead atoms. The van der Waals surface area contributed by atoms with Crippen molar-refractivity contribution in [3.63, 3.8) is 0 Å². The molecule has 0 heterocycles. The summed E-state index contributed by atoms with van der Waals surface area (Å²) in [5.41, 5.74) is 4.12. The van der Waals surface area contributed by atoms with Gasteiger partial charge in [-0.25, -0.2) is 10.2 Å². The molecule has 0 aliphatic carbocycles. The van der Waals surface area contributed by atoms with Crippen molar-refractivity contribution in [2.45, 2.75) is 0 Å². The number of ether oxygens (including phenoxy) is 2. The topological polar surface area (TPSA) is 106 Å². The minimum atomic E-state index is -0.564. The van der Waals surface area contributed by atoms with E-state index in [9.17, 15) is 14.4 Å². The molecule has 0 fully saturated rings. The van der Waals surface area contributed by atoms with Crippen LogP contribution in [-0.2, 0) is 0 Å². The van der Waals surface area contributed by atoms with Gasteiger partial charge >= 0.3 is 5.97 Å². The standard InChI is InChI=1S/C29H21Cl2N3O5/c1-38-26-14-13-22(31)16-24(26)28(36)33-23-7-4-6-19(15-23)27(35)34-32-17-20-5-2-3-8-25(20)39-29(37)18-9-11-21(30)12-10-18/h2-17H,1H3,(H,33,36)(H,34,35). The molecule has 8 nitrogen and oxygen atoms in total. The van der Waals surface area contributed by atoms with Crippen molar-refractivity contribution in [1.29, 1.82) is 0 Å². The van der Waals surface area contributed by atoms with E-state index in [4.69, 9.17) is 32.7 Å². The van der Waals surface area contributed by atoms with Crippen molar-refractivity contribution in [2.75, 3.05) is 12.4 Å². The summed E-state index contributed by atoms with van der Waals surface area (Å²) in [6.45, 7) is 0. The second kappa shape index (κ2) is 12.7. The number of amides is 2. The smallest absolute Gasteiger partial charge is 0.343 e. The quantitative estimate of drug-likeness (QED) is 0.115. The van der Waals surface area contributed by atoms with Gasteiger partial charge in [0.25, 0.3) is 11.8 Å². The fraction of sp³-hybridized carbons (Fsp3) is 0.0345. The van der Waals surface area contributed by atoms with Crippen LogP contribution in [0.3, 0.4) is 0 Å². The van der Waals surface area contributed by atoms with Crippen LogP contribution in [0.4, 0.5) is 5.69 Å². The van der Waals surface area contributed by atoms with Crippen molar-refractivity contribution < 1.29 is 23.9 Å². The summed E-state index contributed by atoms with van der Waals surface area (Å²) in [5.74, 6) is -0.908. The highest BCUT2D eigenvalue weighted by atomic mass is 35.5. The minimum Gasteiger partial charge on any atom is -0.496 e. The average molecular weight is 562 g/mol. The maximum atomic E-state index is 12.8. The highest BCUT2D eigenvalue weighted by Crippen LogP contribution is 2.24. The van der Waals surface area contributed by atoms with E-state index in [1.165, 1.54) is 25.5 Å². The number of para-hydroxylation sites is 1. The number of rotatable bonds is 8. The summed E-state index contributed by atoms with van der Waals surface area (Å²) in [7, 11) is 1.45. The van der Waals surface area contributed by atoms with Crippen LogP contribution in [0.2, 0.25) is 10.0 Å². The molecule has 0 aliphatic heterocycles. The molecular formula is C29H21Cl2N3O5. The molecule has 2 amide bonds. The molecular weight excluding hydrogens is 541 g/mol. The molecule has 39 heavy (non-hydrogen) atoms. The Morgan fingerprint density at radius 2 is 1.51 bits per heavy atom. The molecule has 10 heteroatoms. The molecule has 4 rings (SSSR count). The normalized spacial score (nSPS) is 10.6. The van der Waals surface area contributed by atoms with Crippen molar-refractivity contribution >= 4 is 52.9 Å². The van der Waals surface area contributed by atoms with Crippen LogP contribution in [0.5, 0.6) is 11.5 Å². The molecule has 0 aromatic heterocycles. The third kappa shape index (κ3) is 7.22. The first kappa shape index (κ1) is 27.4. The number of nitrogens with one attached hydrogen (secondary N) is 2. The van der Waals surface area contributed by atoms with Gasteiger partial charge in [0.05, 0.1) is 24.5 Å². The zero-order chi connectivity index (χ0) is 27.8. The van der Waals surface area contributed by atoms with E-state index in [1.807, 2.05) is 0 Å². The van der Waals surface area contributed by atoms with E-state index >= 15 is 0 Å². The molecule has 0 saturated carbocycles. The van der Waals surface area contributed by atoms with Gasteiger partial charge < -0.3 is 14.8 Å². The highest BCUT2D eigenvalue weighted by Gasteiger charge is 2.15. The number of carbonyl (C=O) groups is 3. The molecule has 0 radical (unpaired) electrons. The third-order valence-electron chi connectivity index (χ3n) is 5.36. The first-order valence-electron chi connectivity index (χ1n) is 11.5. The maximum absolute atomic E-state index is 12.8. The summed E-state index contributed by atoms with van der Waals surface area (Å²) in [6, 6.07) is 24.1. The number of esters is 1. The summed E-state index contributed by atoms with van der Waals surface area (Å²) >= 11 is 11.9. The summed E-state index contributed by atoms with van der Waals surface area (Å²) in [4.78, 5) is 37.9. The monoisotopic (exact) mass is 561 g/mol. The molecule has 0 aliphatic rings. The number of hydrogen-bond acceptors (Lipinski definition) is 6. The zero-order valence-electron chi connectivity index (χ0n) is 20.5. The first-order valence-corrected chi connectivity index (χ1v) is 12.2. The van der Waals surface area contributed by atoms with Gasteiger partial charge in [0, 0.05) is 26.9 Å². The Kier molecular flexibility index (Phi) is 8.94. The third-order valence-corrected chi connectivity index (χ3v) is 5.85. The molecule has 0 saturated heterocycles. The second-order valence-corrected chi connectivity index (χ2v) is 8.89. The predicted octanol–water partition coefficient (Wildman–Crippen LogP) is 6.24. The van der Waals surface area contributed by atoms with Crippen molar-refractivity contribution in [1.82, 2.24) is 5.43 Å². The Balaban J connectivity index is 1.41. The van der Waals surface area contributed by atoms with Crippen molar-refractivity contribution in [3.05, 3.63) is 123 Å². The number of nitrogens with zero attached hydrogens (tertiary/aromatic N) is 1. The van der Waals surface area contributed by atoms with E-state index < -0.39 is 17.8 Å². The summed E-state index contributed by atoms with van der Waals surface area (Å²) in [6.07, 6.45) is 1.36. The van der Waals surface area contributed by atoms with Crippen LogP contribution in [0.1, 0.15) is 36.6 Å². The molecule has 196 valence electrons. The molecule has 2 N–H and O–H groups in total. The number of anilines is 1. The average Bonchev–Trinajstić information content (AvgIpc) is 2.94. The highest BCUT2D eigenvalue weighted by molar-refractivity contribution is 6.31. The maximum Gasteiger partial charge on any atom is 0.343 e. The minimum absolute atomic E-state index is 0.250. The van der Waals surface area contributed by atoms with E-state index in [1.54, 1.807) is 78.9 Å². The van der Waals surface area contributed by atoms with Crippen LogP contribution < -0.4 is 20.2 Å². The van der Waals surface area contributed by atoms with Crippen LogP contribution in [0.25, 0.3) is 0 Å². The predicted molar refractivity (Wildman–Crippen MR) is 150 cm³/mol. The number of carbonyl (C=O) groups excluding carboxylic acids is 3. The lowest BCUT2D eigenvalue weighted by Gasteiger charge is -2.10. The van der Waals surface area contributed by atoms with Crippen LogP contribution in [0.15, 0.2) is 96.1 Å². The second-order valence-electron chi connectivity index (χ2n) is 8.01. The van der Waals surface area contributed by atoms with Crippen LogP contribution in [-0.4, -0.2) is 31.1 Å². The van der Waals surface area contributed by atoms with E-state index in [0.29, 0.717) is 32.6 Å². The fourth-order valence-corrected chi connectivity index (χ4v) is 3.74. The van der Waals surface area contributed by atoms with Gasteiger partial charge in [-0.3, -0.25) is 9.59 Å². The number of halogens is 2. The number of hydrogen-bond donors (Lipinski definition) is 2. The molecule has 4 aromatic rings. The fourth-order valence-electron chi connectivity index (χ4n) is 3.44. The van der Waals surface area contributed by atoms with E-state index in [-0.39, 0.29) is 16.9 Å². The van der Waals surface area contributed by atoms with Gasteiger partial charge in [0.15, 0.2) is 0 Å². The molecule has 0 unspecified atom stereocenters. The zero-order valence-corrected chi connectivity index (χ0v) is 22.0. The Hall–Kier alpha value is -4.66. The summed E-state index contributed by atoms with van der Waals surface area (Å²) in [5, 5.41) is 7.60. The lowest BCUT2D eigenvalue weighted by atomic mass is 10.1. The van der Waals surface area contributed by atoms with Crippen LogP contribution in [0, 0.1) is 0 Å². The van der Waals surface area contributed by atoms with Crippen molar-refractivity contribution in [3.8, 4) is 11.5 Å². The van der Waals surface area contributed by atoms with E-state index in [0.717, 1.165) is 0 Å². The lowest BCUT2D eigenvalue weighted by Crippen LogP contribution is -2.18. The Morgan fingerprint density at radius 3 is 2.28 bits per heavy atom. The number of methoxy groups -OCH3 is 1. The largest absolute Gasteiger partial charge is 0.496 e. The summed E-state index contributed by atoms with van der Waals surface area (Å²) < 4.78 is 10.7. The Labute approximate surface area is 234 Å². The van der Waals surface area contributed by atoms with E-state index in [2.05, 4.69) is 15.8 Å². The molecule has 4 aromatic carbocycles. The Bertz CT molecular complexity index is 1560. The van der Waals surface area contributed by atoms with Gasteiger partial charge in [-0.05, 0) is 72.8 Å². The van der Waals surface area contributed by atoms with Gasteiger partial charge in [-0.1, -0.05) is 41.4 Å². The Morgan fingerprint density at radius 1 is 0.769 bits per heavy atom. The van der Waals surface area contributed by atoms with Gasteiger partial charge in [0.2, 0.25) is 0 Å². The molecule has 0 spiro atoms. The van der Waals surface area contributed by atoms with Gasteiger partial charge in [0.1, 0.15) is 11.5 Å². The van der Waals surface area contributed by atoms with Crippen LogP contribution >= 0.6 is 23.2 Å². The number of hydrazone groups is 1. The van der Waals surface area contributed by atoms with Gasteiger partial charge in [-0.2, -0.15) is 5.10 Å². The molecule has 0 atom stereocenters. The van der Waals surface area contributed by atoms with Gasteiger partial charge in [-0.15, -0.1) is 0 Å². The number of benzene rings is 4. The SMILES string of the molecule is COc1ccc(Cl)cc1C(=O)Nc1cccc(C(=O)NN=Cc2ccccc2OC(=O)c2ccc(Cl)cc2)c1.